The van der Waals surface area contributed by atoms with Gasteiger partial charge in [-0.3, -0.25) is 0 Å². The number of pyridine rings is 1. The lowest BCUT2D eigenvalue weighted by Crippen LogP contribution is -2.54. The van der Waals surface area contributed by atoms with Gasteiger partial charge in [0.1, 0.15) is 5.82 Å². The molecular weight excluding hydrogens is 210 g/mol. The minimum Gasteiger partial charge on any atom is -0.354 e. The topological polar surface area (TPSA) is 28.2 Å². The summed E-state index contributed by atoms with van der Waals surface area (Å²) in [6.07, 6.45) is 1.89. The molecular formula is C14H25N3. The number of nitrogens with zero attached hydrogens (tertiary/aromatic N) is 2. The third-order valence-electron chi connectivity index (χ3n) is 2.78. The number of nitrogens with one attached hydrogen (secondary N) is 1. The van der Waals surface area contributed by atoms with E-state index < -0.39 is 0 Å². The fraction of sp³-hybridized carbons (Fsp3) is 0.643. The Hall–Kier alpha value is -1.09. The summed E-state index contributed by atoms with van der Waals surface area (Å²) in [5.41, 5.74) is 1.28. The zero-order valence-electron chi connectivity index (χ0n) is 11.7. The first-order valence-electron chi connectivity index (χ1n) is 6.59. The summed E-state index contributed by atoms with van der Waals surface area (Å²) < 4.78 is 0. The predicted octanol–water partition coefficient (Wildman–Crippen LogP) is 2.60. The Morgan fingerprint density at radius 1 is 1.24 bits per heavy atom. The lowest BCUT2D eigenvalue weighted by molar-refractivity contribution is 0.405. The van der Waals surface area contributed by atoms with Gasteiger partial charge in [0.05, 0.1) is 0 Å². The van der Waals surface area contributed by atoms with Gasteiger partial charge in [-0.25, -0.2) is 4.98 Å². The van der Waals surface area contributed by atoms with Gasteiger partial charge in [-0.15, -0.1) is 0 Å². The molecule has 0 amide bonds. The molecule has 1 aromatic heterocycles. The van der Waals surface area contributed by atoms with Gasteiger partial charge in [0, 0.05) is 31.4 Å². The highest BCUT2D eigenvalue weighted by Crippen LogP contribution is 2.15. The van der Waals surface area contributed by atoms with Crippen LogP contribution in [-0.2, 0) is 0 Å². The second-order valence-electron chi connectivity index (χ2n) is 4.57. The first kappa shape index (κ1) is 14.0. The molecule has 2 atom stereocenters. The van der Waals surface area contributed by atoms with Crippen LogP contribution in [0.5, 0.6) is 0 Å². The van der Waals surface area contributed by atoms with E-state index in [0.29, 0.717) is 12.1 Å². The predicted molar refractivity (Wildman–Crippen MR) is 74.6 cm³/mol. The standard InChI is InChI=1S/C12H19N3.C2H6/c1-9-4-5-13-12(6-9)15-7-10(2)14-11(3)8-15;1-2/h4-6,10-11,14H,7-8H2,1-3H3;1-2H3. The van der Waals surface area contributed by atoms with Crippen molar-refractivity contribution in [2.24, 2.45) is 0 Å². The Labute approximate surface area is 105 Å². The number of anilines is 1. The molecule has 1 saturated heterocycles. The van der Waals surface area contributed by atoms with Gasteiger partial charge in [-0.1, -0.05) is 13.8 Å². The molecule has 0 saturated carbocycles. The summed E-state index contributed by atoms with van der Waals surface area (Å²) in [6, 6.07) is 5.27. The van der Waals surface area contributed by atoms with Gasteiger partial charge in [-0.2, -0.15) is 0 Å². The van der Waals surface area contributed by atoms with Crippen molar-refractivity contribution in [2.45, 2.75) is 46.7 Å². The second-order valence-corrected chi connectivity index (χ2v) is 4.57. The molecule has 3 heteroatoms. The second kappa shape index (κ2) is 6.60. The molecule has 2 rings (SSSR count). The Balaban J connectivity index is 0.000000686. The molecule has 17 heavy (non-hydrogen) atoms. The van der Waals surface area contributed by atoms with Crippen molar-refractivity contribution in [1.82, 2.24) is 10.3 Å². The molecule has 2 unspecified atom stereocenters. The highest BCUT2D eigenvalue weighted by atomic mass is 15.2. The van der Waals surface area contributed by atoms with E-state index in [1.807, 2.05) is 26.1 Å². The molecule has 0 aromatic carbocycles. The van der Waals surface area contributed by atoms with E-state index in [4.69, 9.17) is 0 Å². The molecule has 1 aliphatic rings. The van der Waals surface area contributed by atoms with Crippen molar-refractivity contribution in [2.75, 3.05) is 18.0 Å². The highest BCUT2D eigenvalue weighted by molar-refractivity contribution is 5.41. The van der Waals surface area contributed by atoms with Crippen LogP contribution >= 0.6 is 0 Å². The normalized spacial score (nSPS) is 23.9. The smallest absolute Gasteiger partial charge is 0.128 e. The van der Waals surface area contributed by atoms with Gasteiger partial charge >= 0.3 is 0 Å². The summed E-state index contributed by atoms with van der Waals surface area (Å²) in [5, 5.41) is 3.52. The van der Waals surface area contributed by atoms with Crippen molar-refractivity contribution in [1.29, 1.82) is 0 Å². The number of rotatable bonds is 1. The maximum Gasteiger partial charge on any atom is 0.128 e. The van der Waals surface area contributed by atoms with E-state index in [1.165, 1.54) is 5.56 Å². The van der Waals surface area contributed by atoms with E-state index in [1.54, 1.807) is 0 Å². The fourth-order valence-electron chi connectivity index (χ4n) is 2.21. The number of hydrogen-bond acceptors (Lipinski definition) is 3. The first-order chi connectivity index (χ1) is 8.15. The van der Waals surface area contributed by atoms with E-state index >= 15 is 0 Å². The molecule has 0 radical (unpaired) electrons. The number of aromatic nitrogens is 1. The van der Waals surface area contributed by atoms with Crippen molar-refractivity contribution >= 4 is 5.82 Å². The Morgan fingerprint density at radius 2 is 1.82 bits per heavy atom. The minimum atomic E-state index is 0.538. The van der Waals surface area contributed by atoms with Crippen LogP contribution in [0.25, 0.3) is 0 Å². The molecule has 1 aromatic rings. The zero-order chi connectivity index (χ0) is 12.8. The van der Waals surface area contributed by atoms with E-state index in [2.05, 4.69) is 42.0 Å². The highest BCUT2D eigenvalue weighted by Gasteiger charge is 2.21. The molecule has 0 aliphatic carbocycles. The third kappa shape index (κ3) is 4.00. The summed E-state index contributed by atoms with van der Waals surface area (Å²) in [6.45, 7) is 12.6. The van der Waals surface area contributed by atoms with Crippen molar-refractivity contribution in [3.05, 3.63) is 23.9 Å². The summed E-state index contributed by atoms with van der Waals surface area (Å²) >= 11 is 0. The molecule has 96 valence electrons. The summed E-state index contributed by atoms with van der Waals surface area (Å²) in [4.78, 5) is 6.79. The van der Waals surface area contributed by atoms with Gasteiger partial charge in [0.2, 0.25) is 0 Å². The third-order valence-corrected chi connectivity index (χ3v) is 2.78. The number of hydrogen-bond donors (Lipinski definition) is 1. The van der Waals surface area contributed by atoms with E-state index in [-0.39, 0.29) is 0 Å². The zero-order valence-corrected chi connectivity index (χ0v) is 11.7. The minimum absolute atomic E-state index is 0.538. The van der Waals surface area contributed by atoms with Crippen LogP contribution < -0.4 is 10.2 Å². The lowest BCUT2D eigenvalue weighted by Gasteiger charge is -2.37. The number of piperazine rings is 1. The first-order valence-corrected chi connectivity index (χ1v) is 6.59. The summed E-state index contributed by atoms with van der Waals surface area (Å²) in [7, 11) is 0. The average Bonchev–Trinajstić information content (AvgIpc) is 2.30. The largest absolute Gasteiger partial charge is 0.354 e. The van der Waals surface area contributed by atoms with Crippen LogP contribution in [0, 0.1) is 6.92 Å². The van der Waals surface area contributed by atoms with Crippen molar-refractivity contribution in [3.8, 4) is 0 Å². The maximum atomic E-state index is 4.43. The lowest BCUT2D eigenvalue weighted by atomic mass is 10.1. The van der Waals surface area contributed by atoms with Crippen LogP contribution in [-0.4, -0.2) is 30.2 Å². The van der Waals surface area contributed by atoms with Gasteiger partial charge < -0.3 is 10.2 Å². The maximum absolute atomic E-state index is 4.43. The molecule has 1 fully saturated rings. The van der Waals surface area contributed by atoms with E-state index in [9.17, 15) is 0 Å². The Morgan fingerprint density at radius 3 is 2.35 bits per heavy atom. The van der Waals surface area contributed by atoms with Crippen molar-refractivity contribution in [3.63, 3.8) is 0 Å². The van der Waals surface area contributed by atoms with Gasteiger partial charge in [-0.05, 0) is 38.5 Å². The van der Waals surface area contributed by atoms with Crippen LogP contribution in [0.1, 0.15) is 33.3 Å². The fourth-order valence-corrected chi connectivity index (χ4v) is 2.21. The quantitative estimate of drug-likeness (QED) is 0.811. The van der Waals surface area contributed by atoms with Crippen LogP contribution in [0.2, 0.25) is 0 Å². The molecule has 0 bridgehead atoms. The summed E-state index contributed by atoms with van der Waals surface area (Å²) in [5.74, 6) is 1.11. The molecule has 1 N–H and O–H groups in total. The van der Waals surface area contributed by atoms with Crippen LogP contribution in [0.3, 0.4) is 0 Å². The molecule has 3 nitrogen and oxygen atoms in total. The molecule has 1 aliphatic heterocycles. The van der Waals surface area contributed by atoms with Crippen molar-refractivity contribution < 1.29 is 0 Å². The Kier molecular flexibility index (Phi) is 5.42. The molecule has 0 spiro atoms. The Bertz CT molecular complexity index is 328. The average molecular weight is 235 g/mol. The van der Waals surface area contributed by atoms with Gasteiger partial charge in [0.15, 0.2) is 0 Å². The van der Waals surface area contributed by atoms with E-state index in [0.717, 1.165) is 18.9 Å². The monoisotopic (exact) mass is 235 g/mol. The number of aryl methyl sites for hydroxylation is 1. The molecule has 2 heterocycles. The van der Waals surface area contributed by atoms with Crippen LogP contribution in [0.15, 0.2) is 18.3 Å². The van der Waals surface area contributed by atoms with Gasteiger partial charge in [0.25, 0.3) is 0 Å². The SMILES string of the molecule is CC.Cc1ccnc(N2CC(C)NC(C)C2)c1. The van der Waals surface area contributed by atoms with Crippen LogP contribution in [0.4, 0.5) is 5.82 Å².